The SMILES string of the molecule is NC(N)=NCc1ccc(CN(Cc2ccc(Cl)cc2)C(=O)c2cccc3ccccc23)cc1. The van der Waals surface area contributed by atoms with Crippen molar-refractivity contribution in [3.8, 4) is 0 Å². The number of benzene rings is 4. The molecule has 0 unspecified atom stereocenters. The fraction of sp³-hybridized carbons (Fsp3) is 0.111. The van der Waals surface area contributed by atoms with E-state index in [-0.39, 0.29) is 11.9 Å². The molecule has 33 heavy (non-hydrogen) atoms. The number of amides is 1. The zero-order valence-electron chi connectivity index (χ0n) is 18.1. The molecule has 0 fully saturated rings. The molecule has 0 aromatic heterocycles. The predicted molar refractivity (Wildman–Crippen MR) is 135 cm³/mol. The van der Waals surface area contributed by atoms with Crippen LogP contribution in [-0.2, 0) is 19.6 Å². The third kappa shape index (κ3) is 5.70. The molecule has 0 saturated carbocycles. The van der Waals surface area contributed by atoms with E-state index in [1.54, 1.807) is 0 Å². The molecule has 1 amide bonds. The maximum atomic E-state index is 13.7. The molecule has 4 aromatic rings. The standard InChI is InChI=1S/C27H25ClN4O/c28-23-14-12-21(13-15-23)18-32(17-20-10-8-19(9-11-20)16-31-27(29)30)26(33)25-7-3-5-22-4-1-2-6-24(22)25/h1-15H,16-18H2,(H4,29,30,31). The van der Waals surface area contributed by atoms with Crippen LogP contribution in [0.5, 0.6) is 0 Å². The first-order valence-electron chi connectivity index (χ1n) is 10.6. The monoisotopic (exact) mass is 456 g/mol. The van der Waals surface area contributed by atoms with Crippen LogP contribution in [0.15, 0.2) is 96.0 Å². The number of hydrogen-bond donors (Lipinski definition) is 2. The van der Waals surface area contributed by atoms with Crippen molar-refractivity contribution in [2.75, 3.05) is 0 Å². The number of rotatable bonds is 7. The van der Waals surface area contributed by atoms with E-state index in [9.17, 15) is 4.79 Å². The van der Waals surface area contributed by atoms with E-state index >= 15 is 0 Å². The Morgan fingerprint density at radius 3 is 2.00 bits per heavy atom. The summed E-state index contributed by atoms with van der Waals surface area (Å²) < 4.78 is 0. The highest BCUT2D eigenvalue weighted by atomic mass is 35.5. The number of hydrogen-bond acceptors (Lipinski definition) is 2. The molecule has 0 atom stereocenters. The summed E-state index contributed by atoms with van der Waals surface area (Å²) in [5.74, 6) is 0.0419. The van der Waals surface area contributed by atoms with Gasteiger partial charge in [-0.25, -0.2) is 4.99 Å². The first-order chi connectivity index (χ1) is 16.0. The number of carbonyl (C=O) groups excluding carboxylic acids is 1. The van der Waals surface area contributed by atoms with E-state index in [1.807, 2.05) is 95.9 Å². The number of nitrogens with zero attached hydrogens (tertiary/aromatic N) is 2. The minimum absolute atomic E-state index is 0.0219. The van der Waals surface area contributed by atoms with Gasteiger partial charge in [-0.15, -0.1) is 0 Å². The van der Waals surface area contributed by atoms with Crippen LogP contribution in [0.3, 0.4) is 0 Å². The number of fused-ring (bicyclic) bond motifs is 1. The zero-order valence-corrected chi connectivity index (χ0v) is 18.9. The van der Waals surface area contributed by atoms with Gasteiger partial charge >= 0.3 is 0 Å². The summed E-state index contributed by atoms with van der Waals surface area (Å²) in [5, 5.41) is 2.65. The Bertz CT molecular complexity index is 1270. The largest absolute Gasteiger partial charge is 0.370 e. The predicted octanol–water partition coefficient (Wildman–Crippen LogP) is 5.11. The van der Waals surface area contributed by atoms with Gasteiger partial charge in [-0.2, -0.15) is 0 Å². The molecule has 6 heteroatoms. The van der Waals surface area contributed by atoms with E-state index < -0.39 is 0 Å². The Morgan fingerprint density at radius 2 is 1.33 bits per heavy atom. The van der Waals surface area contributed by atoms with Crippen LogP contribution < -0.4 is 11.5 Å². The van der Waals surface area contributed by atoms with E-state index in [2.05, 4.69) is 4.99 Å². The molecule has 0 spiro atoms. The van der Waals surface area contributed by atoms with Crippen LogP contribution in [0.4, 0.5) is 0 Å². The van der Waals surface area contributed by atoms with Gasteiger partial charge < -0.3 is 16.4 Å². The molecule has 5 nitrogen and oxygen atoms in total. The van der Waals surface area contributed by atoms with Gasteiger partial charge in [0.05, 0.1) is 6.54 Å². The lowest BCUT2D eigenvalue weighted by Crippen LogP contribution is -2.30. The van der Waals surface area contributed by atoms with Gasteiger partial charge in [-0.1, -0.05) is 84.4 Å². The smallest absolute Gasteiger partial charge is 0.255 e. The lowest BCUT2D eigenvalue weighted by molar-refractivity contribution is 0.0732. The molecule has 0 bridgehead atoms. The molecular weight excluding hydrogens is 432 g/mol. The number of halogens is 1. The highest BCUT2D eigenvalue weighted by Gasteiger charge is 2.19. The van der Waals surface area contributed by atoms with Crippen molar-refractivity contribution in [3.05, 3.63) is 118 Å². The first-order valence-corrected chi connectivity index (χ1v) is 11.0. The van der Waals surface area contributed by atoms with Crippen molar-refractivity contribution in [1.82, 2.24) is 4.90 Å². The average molecular weight is 457 g/mol. The molecule has 4 N–H and O–H groups in total. The summed E-state index contributed by atoms with van der Waals surface area (Å²) in [6.07, 6.45) is 0. The summed E-state index contributed by atoms with van der Waals surface area (Å²) in [6, 6.07) is 29.3. The Morgan fingerprint density at radius 1 is 0.758 bits per heavy atom. The number of guanidine groups is 1. The Hall–Kier alpha value is -3.83. The second-order valence-electron chi connectivity index (χ2n) is 7.87. The van der Waals surface area contributed by atoms with Crippen LogP contribution in [-0.4, -0.2) is 16.8 Å². The molecule has 0 radical (unpaired) electrons. The highest BCUT2D eigenvalue weighted by Crippen LogP contribution is 2.23. The molecule has 4 aromatic carbocycles. The summed E-state index contributed by atoms with van der Waals surface area (Å²) >= 11 is 6.06. The zero-order chi connectivity index (χ0) is 23.2. The number of nitrogens with two attached hydrogens (primary N) is 2. The Balaban J connectivity index is 1.63. The van der Waals surface area contributed by atoms with Gasteiger partial charge in [-0.05, 0) is 45.7 Å². The molecule has 4 rings (SSSR count). The summed E-state index contributed by atoms with van der Waals surface area (Å²) in [7, 11) is 0. The van der Waals surface area contributed by atoms with Crippen molar-refractivity contribution in [3.63, 3.8) is 0 Å². The van der Waals surface area contributed by atoms with Gasteiger partial charge in [-0.3, -0.25) is 4.79 Å². The van der Waals surface area contributed by atoms with Crippen molar-refractivity contribution in [2.45, 2.75) is 19.6 Å². The van der Waals surface area contributed by atoms with Gasteiger partial charge in [0.15, 0.2) is 5.96 Å². The quantitative estimate of drug-likeness (QED) is 0.299. The normalized spacial score (nSPS) is 10.7. The van der Waals surface area contributed by atoms with Gasteiger partial charge in [0.2, 0.25) is 0 Å². The van der Waals surface area contributed by atoms with Gasteiger partial charge in [0.1, 0.15) is 0 Å². The molecule has 166 valence electrons. The molecule has 0 aliphatic heterocycles. The fourth-order valence-electron chi connectivity index (χ4n) is 3.74. The number of carbonyl (C=O) groups is 1. The molecule has 0 heterocycles. The molecule has 0 aliphatic rings. The van der Waals surface area contributed by atoms with E-state index in [1.165, 1.54) is 0 Å². The van der Waals surface area contributed by atoms with E-state index in [0.717, 1.165) is 27.5 Å². The first kappa shape index (κ1) is 22.4. The van der Waals surface area contributed by atoms with Crippen LogP contribution >= 0.6 is 11.6 Å². The third-order valence-electron chi connectivity index (χ3n) is 5.43. The molecule has 0 aliphatic carbocycles. The van der Waals surface area contributed by atoms with Crippen molar-refractivity contribution < 1.29 is 4.79 Å². The summed E-state index contributed by atoms with van der Waals surface area (Å²) in [4.78, 5) is 19.6. The van der Waals surface area contributed by atoms with Gasteiger partial charge in [0, 0.05) is 23.7 Å². The van der Waals surface area contributed by atoms with Crippen LogP contribution in [0.25, 0.3) is 10.8 Å². The van der Waals surface area contributed by atoms with Crippen LogP contribution in [0, 0.1) is 0 Å². The summed E-state index contributed by atoms with van der Waals surface area (Å²) in [5.41, 5.74) is 14.6. The lowest BCUT2D eigenvalue weighted by Gasteiger charge is -2.24. The van der Waals surface area contributed by atoms with Crippen molar-refractivity contribution in [2.24, 2.45) is 16.5 Å². The number of aliphatic imine (C=N–C) groups is 1. The third-order valence-corrected chi connectivity index (χ3v) is 5.69. The van der Waals surface area contributed by atoms with E-state index in [4.69, 9.17) is 23.1 Å². The van der Waals surface area contributed by atoms with E-state index in [0.29, 0.717) is 30.2 Å². The van der Waals surface area contributed by atoms with Crippen molar-refractivity contribution in [1.29, 1.82) is 0 Å². The minimum atomic E-state index is -0.0219. The van der Waals surface area contributed by atoms with Gasteiger partial charge in [0.25, 0.3) is 5.91 Å². The Kier molecular flexibility index (Phi) is 6.91. The van der Waals surface area contributed by atoms with Crippen molar-refractivity contribution >= 4 is 34.2 Å². The minimum Gasteiger partial charge on any atom is -0.370 e. The lowest BCUT2D eigenvalue weighted by atomic mass is 10.0. The summed E-state index contributed by atoms with van der Waals surface area (Å²) in [6.45, 7) is 1.36. The fourth-order valence-corrected chi connectivity index (χ4v) is 3.87. The second-order valence-corrected chi connectivity index (χ2v) is 8.31. The second kappa shape index (κ2) is 10.2. The maximum absolute atomic E-state index is 13.7. The average Bonchev–Trinajstić information content (AvgIpc) is 2.83. The van der Waals surface area contributed by atoms with Crippen LogP contribution in [0.1, 0.15) is 27.0 Å². The maximum Gasteiger partial charge on any atom is 0.255 e. The van der Waals surface area contributed by atoms with Crippen LogP contribution in [0.2, 0.25) is 5.02 Å². The molecular formula is C27H25ClN4O. The highest BCUT2D eigenvalue weighted by molar-refractivity contribution is 6.30. The molecule has 0 saturated heterocycles. The Labute approximate surface area is 198 Å². The topological polar surface area (TPSA) is 84.7 Å².